The Balaban J connectivity index is 1.75. The number of piperazine rings is 1. The van der Waals surface area contributed by atoms with E-state index >= 15 is 0 Å². The number of ether oxygens (including phenoxy) is 1. The maximum absolute atomic E-state index is 11.9. The van der Waals surface area contributed by atoms with Crippen molar-refractivity contribution in [1.82, 2.24) is 9.80 Å². The lowest BCUT2D eigenvalue weighted by atomic mass is 10.3. The van der Waals surface area contributed by atoms with Crippen LogP contribution in [0.2, 0.25) is 0 Å². The lowest BCUT2D eigenvalue weighted by Crippen LogP contribution is -2.50. The number of nitrogens with one attached hydrogen (secondary N) is 1. The third-order valence-electron chi connectivity index (χ3n) is 3.23. The Hall–Kier alpha value is -2.08. The summed E-state index contributed by atoms with van der Waals surface area (Å²) < 4.78 is 4.67. The summed E-state index contributed by atoms with van der Waals surface area (Å²) in [5.74, 6) is -0.0391. The van der Waals surface area contributed by atoms with Crippen LogP contribution in [0.25, 0.3) is 0 Å². The van der Waals surface area contributed by atoms with E-state index < -0.39 is 0 Å². The third kappa shape index (κ3) is 3.96. The van der Waals surface area contributed by atoms with Crippen molar-refractivity contribution in [1.29, 1.82) is 0 Å². The van der Waals surface area contributed by atoms with E-state index in [-0.39, 0.29) is 12.0 Å². The Kier molecular flexibility index (Phi) is 4.95. The van der Waals surface area contributed by atoms with Crippen LogP contribution in [-0.4, -0.2) is 61.6 Å². The Morgan fingerprint density at radius 3 is 2.40 bits per heavy atom. The molecule has 20 heavy (non-hydrogen) atoms. The van der Waals surface area contributed by atoms with Gasteiger partial charge in [-0.25, -0.2) is 4.79 Å². The van der Waals surface area contributed by atoms with Crippen molar-refractivity contribution in [3.8, 4) is 0 Å². The first kappa shape index (κ1) is 14.3. The van der Waals surface area contributed by atoms with Gasteiger partial charge in [-0.05, 0) is 12.1 Å². The number of hydrogen-bond acceptors (Lipinski definition) is 4. The molecular formula is C14H19N3O3. The predicted octanol–water partition coefficient (Wildman–Crippen LogP) is 1.01. The average molecular weight is 277 g/mol. The summed E-state index contributed by atoms with van der Waals surface area (Å²) >= 11 is 0. The molecule has 6 heteroatoms. The number of carbonyl (C=O) groups excluding carboxylic acids is 2. The molecule has 0 spiro atoms. The number of hydrogen-bond donors (Lipinski definition) is 1. The third-order valence-corrected chi connectivity index (χ3v) is 3.23. The summed E-state index contributed by atoms with van der Waals surface area (Å²) in [6.45, 7) is 2.87. The molecule has 0 aromatic heterocycles. The highest BCUT2D eigenvalue weighted by atomic mass is 16.5. The van der Waals surface area contributed by atoms with Gasteiger partial charge in [0.15, 0.2) is 0 Å². The molecule has 0 unspecified atom stereocenters. The fraction of sp³-hybridized carbons (Fsp3) is 0.429. The number of amides is 2. The largest absolute Gasteiger partial charge is 0.453 e. The molecular weight excluding hydrogens is 258 g/mol. The van der Waals surface area contributed by atoms with Crippen LogP contribution in [0.5, 0.6) is 0 Å². The van der Waals surface area contributed by atoms with E-state index in [1.807, 2.05) is 35.2 Å². The van der Waals surface area contributed by atoms with Crippen LogP contribution in [0, 0.1) is 0 Å². The number of para-hydroxylation sites is 1. The minimum absolute atomic E-state index is 0.0391. The molecule has 0 bridgehead atoms. The molecule has 1 aromatic rings. The van der Waals surface area contributed by atoms with Crippen molar-refractivity contribution in [3.05, 3.63) is 30.3 Å². The van der Waals surface area contributed by atoms with E-state index in [0.29, 0.717) is 32.7 Å². The molecule has 1 heterocycles. The monoisotopic (exact) mass is 277 g/mol. The van der Waals surface area contributed by atoms with Gasteiger partial charge in [0, 0.05) is 31.9 Å². The van der Waals surface area contributed by atoms with Crippen molar-refractivity contribution < 1.29 is 14.3 Å². The summed E-state index contributed by atoms with van der Waals surface area (Å²) in [6, 6.07) is 9.37. The first-order valence-electron chi connectivity index (χ1n) is 6.59. The highest BCUT2D eigenvalue weighted by molar-refractivity contribution is 5.92. The summed E-state index contributed by atoms with van der Waals surface area (Å²) in [7, 11) is 1.38. The van der Waals surface area contributed by atoms with Gasteiger partial charge in [-0.15, -0.1) is 0 Å². The fourth-order valence-electron chi connectivity index (χ4n) is 2.14. The number of nitrogens with zero attached hydrogens (tertiary/aromatic N) is 2. The first-order chi connectivity index (χ1) is 9.69. The van der Waals surface area contributed by atoms with Crippen molar-refractivity contribution in [2.75, 3.05) is 45.2 Å². The average Bonchev–Trinajstić information content (AvgIpc) is 2.48. The summed E-state index contributed by atoms with van der Waals surface area (Å²) in [5.41, 5.74) is 0.797. The van der Waals surface area contributed by atoms with E-state index in [4.69, 9.17) is 0 Å². The molecule has 1 aliphatic rings. The van der Waals surface area contributed by atoms with Crippen molar-refractivity contribution >= 4 is 17.7 Å². The first-order valence-corrected chi connectivity index (χ1v) is 6.59. The predicted molar refractivity (Wildman–Crippen MR) is 75.5 cm³/mol. The van der Waals surface area contributed by atoms with Crippen molar-refractivity contribution in [3.63, 3.8) is 0 Å². The Morgan fingerprint density at radius 2 is 1.80 bits per heavy atom. The lowest BCUT2D eigenvalue weighted by Gasteiger charge is -2.33. The number of carbonyl (C=O) groups is 2. The van der Waals surface area contributed by atoms with Gasteiger partial charge in [0.2, 0.25) is 5.91 Å². The number of anilines is 1. The van der Waals surface area contributed by atoms with Crippen LogP contribution in [0.4, 0.5) is 10.5 Å². The second-order valence-electron chi connectivity index (χ2n) is 4.65. The topological polar surface area (TPSA) is 61.9 Å². The van der Waals surface area contributed by atoms with E-state index in [1.54, 1.807) is 4.90 Å². The van der Waals surface area contributed by atoms with E-state index in [0.717, 1.165) is 5.69 Å². The standard InChI is InChI=1S/C14H19N3O3/c1-20-14(19)17-9-7-16(8-10-17)11-13(18)15-12-5-3-2-4-6-12/h2-6H,7-11H2,1H3,(H,15,18). The SMILES string of the molecule is COC(=O)N1CCN(CC(=O)Nc2ccccc2)CC1. The number of rotatable bonds is 3. The molecule has 0 saturated carbocycles. The summed E-state index contributed by atoms with van der Waals surface area (Å²) in [6.07, 6.45) is -0.307. The van der Waals surface area contributed by atoms with Gasteiger partial charge in [0.05, 0.1) is 13.7 Å². The Bertz CT molecular complexity index is 456. The van der Waals surface area contributed by atoms with Gasteiger partial charge in [0.1, 0.15) is 0 Å². The Morgan fingerprint density at radius 1 is 1.15 bits per heavy atom. The molecule has 1 saturated heterocycles. The molecule has 0 atom stereocenters. The smallest absolute Gasteiger partial charge is 0.409 e. The molecule has 1 N–H and O–H groups in total. The highest BCUT2D eigenvalue weighted by Crippen LogP contribution is 2.06. The highest BCUT2D eigenvalue weighted by Gasteiger charge is 2.22. The van der Waals surface area contributed by atoms with Gasteiger partial charge in [-0.2, -0.15) is 0 Å². The molecule has 2 amide bonds. The molecule has 1 fully saturated rings. The van der Waals surface area contributed by atoms with Crippen LogP contribution < -0.4 is 5.32 Å². The minimum Gasteiger partial charge on any atom is -0.453 e. The molecule has 1 aliphatic heterocycles. The van der Waals surface area contributed by atoms with Crippen LogP contribution >= 0.6 is 0 Å². The van der Waals surface area contributed by atoms with Gasteiger partial charge in [-0.1, -0.05) is 18.2 Å². The number of benzene rings is 1. The maximum Gasteiger partial charge on any atom is 0.409 e. The number of methoxy groups -OCH3 is 1. The lowest BCUT2D eigenvalue weighted by molar-refractivity contribution is -0.117. The van der Waals surface area contributed by atoms with Crippen molar-refractivity contribution in [2.45, 2.75) is 0 Å². The van der Waals surface area contributed by atoms with Crippen molar-refractivity contribution in [2.24, 2.45) is 0 Å². The summed E-state index contributed by atoms with van der Waals surface area (Å²) in [4.78, 5) is 26.9. The van der Waals surface area contributed by atoms with Crippen LogP contribution in [0.3, 0.4) is 0 Å². The van der Waals surface area contributed by atoms with Gasteiger partial charge >= 0.3 is 6.09 Å². The fourth-order valence-corrected chi connectivity index (χ4v) is 2.14. The van der Waals surface area contributed by atoms with E-state index in [2.05, 4.69) is 10.1 Å². The molecule has 2 rings (SSSR count). The zero-order valence-corrected chi connectivity index (χ0v) is 11.5. The zero-order valence-electron chi connectivity index (χ0n) is 11.5. The van der Waals surface area contributed by atoms with E-state index in [9.17, 15) is 9.59 Å². The zero-order chi connectivity index (χ0) is 14.4. The van der Waals surface area contributed by atoms with E-state index in [1.165, 1.54) is 7.11 Å². The molecule has 0 radical (unpaired) electrons. The van der Waals surface area contributed by atoms with Gasteiger partial charge < -0.3 is 15.0 Å². The maximum atomic E-state index is 11.9. The molecule has 6 nitrogen and oxygen atoms in total. The second-order valence-corrected chi connectivity index (χ2v) is 4.65. The quantitative estimate of drug-likeness (QED) is 0.895. The normalized spacial score (nSPS) is 15.8. The second kappa shape index (κ2) is 6.91. The Labute approximate surface area is 118 Å². The van der Waals surface area contributed by atoms with Gasteiger partial charge in [0.25, 0.3) is 0 Å². The van der Waals surface area contributed by atoms with Crippen LogP contribution in [0.15, 0.2) is 30.3 Å². The van der Waals surface area contributed by atoms with Crippen LogP contribution in [-0.2, 0) is 9.53 Å². The molecule has 0 aliphatic carbocycles. The minimum atomic E-state index is -0.307. The van der Waals surface area contributed by atoms with Gasteiger partial charge in [-0.3, -0.25) is 9.69 Å². The molecule has 1 aromatic carbocycles. The molecule has 108 valence electrons. The summed E-state index contributed by atoms with van der Waals surface area (Å²) in [5, 5.41) is 2.85. The van der Waals surface area contributed by atoms with Crippen LogP contribution in [0.1, 0.15) is 0 Å².